The molecule has 0 saturated heterocycles. The molecular weight excluding hydrogens is 394 g/mol. The van der Waals surface area contributed by atoms with Crippen molar-refractivity contribution in [3.8, 4) is 5.75 Å². The van der Waals surface area contributed by atoms with Crippen molar-refractivity contribution in [2.24, 2.45) is 0 Å². The van der Waals surface area contributed by atoms with Crippen LogP contribution in [0.2, 0.25) is 0 Å². The van der Waals surface area contributed by atoms with Crippen molar-refractivity contribution in [3.63, 3.8) is 0 Å². The van der Waals surface area contributed by atoms with E-state index in [1.807, 2.05) is 36.4 Å². The van der Waals surface area contributed by atoms with Gasteiger partial charge in [0.05, 0.1) is 18.2 Å². The van der Waals surface area contributed by atoms with Gasteiger partial charge in [0.15, 0.2) is 0 Å². The third-order valence-electron chi connectivity index (χ3n) is 4.72. The van der Waals surface area contributed by atoms with Crippen LogP contribution in [0, 0.1) is 0 Å². The van der Waals surface area contributed by atoms with Crippen molar-refractivity contribution in [1.82, 2.24) is 4.90 Å². The molecule has 0 N–H and O–H groups in total. The Morgan fingerprint density at radius 3 is 2.58 bits per heavy atom. The molecule has 1 aliphatic heterocycles. The van der Waals surface area contributed by atoms with Crippen LogP contribution in [0.15, 0.2) is 59.1 Å². The first-order chi connectivity index (χ1) is 12.6. The molecule has 4 nitrogen and oxygen atoms in total. The first kappa shape index (κ1) is 16.8. The number of amides is 2. The molecular formula is C21H16BrNO3. The Labute approximate surface area is 159 Å². The number of rotatable bonds is 4. The quantitative estimate of drug-likeness (QED) is 0.598. The van der Waals surface area contributed by atoms with Crippen molar-refractivity contribution in [3.05, 3.63) is 75.8 Å². The average Bonchev–Trinajstić information content (AvgIpc) is 2.89. The highest BCUT2D eigenvalue weighted by Gasteiger charge is 2.35. The predicted octanol–water partition coefficient (Wildman–Crippen LogP) is 4.45. The summed E-state index contributed by atoms with van der Waals surface area (Å²) in [5.41, 5.74) is 2.01. The molecule has 1 aliphatic rings. The van der Waals surface area contributed by atoms with Crippen LogP contribution in [-0.2, 0) is 6.42 Å². The summed E-state index contributed by atoms with van der Waals surface area (Å²) in [5.74, 6) is 0.329. The van der Waals surface area contributed by atoms with Gasteiger partial charge in [-0.1, -0.05) is 40.2 Å². The van der Waals surface area contributed by atoms with E-state index in [1.165, 1.54) is 4.90 Å². The fraction of sp³-hybridized carbons (Fsp3) is 0.143. The van der Waals surface area contributed by atoms with Gasteiger partial charge in [-0.05, 0) is 53.1 Å². The molecule has 0 radical (unpaired) electrons. The molecule has 0 saturated carbocycles. The van der Waals surface area contributed by atoms with Gasteiger partial charge >= 0.3 is 0 Å². The number of imide groups is 1. The lowest BCUT2D eigenvalue weighted by molar-refractivity contribution is 0.0656. The summed E-state index contributed by atoms with van der Waals surface area (Å²) in [5, 5.41) is 2.18. The lowest BCUT2D eigenvalue weighted by Gasteiger charge is -2.15. The van der Waals surface area contributed by atoms with Gasteiger partial charge in [0, 0.05) is 11.0 Å². The van der Waals surface area contributed by atoms with Crippen LogP contribution < -0.4 is 4.74 Å². The summed E-state index contributed by atoms with van der Waals surface area (Å²) in [6, 6.07) is 17.2. The predicted molar refractivity (Wildman–Crippen MR) is 104 cm³/mol. The molecule has 3 aromatic rings. The number of hydrogen-bond acceptors (Lipinski definition) is 3. The number of nitrogens with zero attached hydrogens (tertiary/aromatic N) is 1. The fourth-order valence-corrected chi connectivity index (χ4v) is 3.72. The molecule has 2 amide bonds. The van der Waals surface area contributed by atoms with Crippen LogP contribution in [0.4, 0.5) is 0 Å². The summed E-state index contributed by atoms with van der Waals surface area (Å²) in [4.78, 5) is 26.5. The Morgan fingerprint density at radius 1 is 0.962 bits per heavy atom. The topological polar surface area (TPSA) is 46.6 Å². The van der Waals surface area contributed by atoms with Crippen molar-refractivity contribution >= 4 is 38.5 Å². The minimum Gasteiger partial charge on any atom is -0.497 e. The zero-order valence-corrected chi connectivity index (χ0v) is 15.7. The molecule has 130 valence electrons. The first-order valence-electron chi connectivity index (χ1n) is 8.30. The maximum atomic E-state index is 12.6. The monoisotopic (exact) mass is 409 g/mol. The second kappa shape index (κ2) is 6.57. The molecule has 0 aliphatic carbocycles. The summed E-state index contributed by atoms with van der Waals surface area (Å²) in [6.45, 7) is 0.348. The molecule has 0 atom stereocenters. The van der Waals surface area contributed by atoms with Gasteiger partial charge in [0.25, 0.3) is 11.8 Å². The number of methoxy groups -OCH3 is 1. The van der Waals surface area contributed by atoms with E-state index in [9.17, 15) is 9.59 Å². The maximum absolute atomic E-state index is 12.6. The normalized spacial score (nSPS) is 13.4. The molecule has 1 heterocycles. The minimum atomic E-state index is -0.232. The number of hydrogen-bond donors (Lipinski definition) is 0. The fourth-order valence-electron chi connectivity index (χ4n) is 3.36. The molecule has 3 aromatic carbocycles. The van der Waals surface area contributed by atoms with Crippen LogP contribution in [0.5, 0.6) is 5.75 Å². The second-order valence-electron chi connectivity index (χ2n) is 6.21. The standard InChI is InChI=1S/C21H16BrNO3/c1-26-16-7-5-13-3-2-4-14(18(13)12-16)9-10-23-20(24)17-8-6-15(22)11-19(17)21(23)25/h2-8,11-12H,9-10H2,1H3. The highest BCUT2D eigenvalue weighted by Crippen LogP contribution is 2.28. The number of carbonyl (C=O) groups excluding carboxylic acids is 2. The summed E-state index contributed by atoms with van der Waals surface area (Å²) in [7, 11) is 1.64. The van der Waals surface area contributed by atoms with Crippen LogP contribution in [0.1, 0.15) is 26.3 Å². The molecule has 0 unspecified atom stereocenters. The lowest BCUT2D eigenvalue weighted by atomic mass is 10.0. The first-order valence-corrected chi connectivity index (χ1v) is 9.09. The van der Waals surface area contributed by atoms with E-state index in [2.05, 4.69) is 15.9 Å². The third kappa shape index (κ3) is 2.78. The average molecular weight is 410 g/mol. The highest BCUT2D eigenvalue weighted by molar-refractivity contribution is 9.10. The van der Waals surface area contributed by atoms with Gasteiger partial charge in [-0.25, -0.2) is 0 Å². The Kier molecular flexibility index (Phi) is 4.24. The van der Waals surface area contributed by atoms with Gasteiger partial charge in [-0.3, -0.25) is 14.5 Å². The van der Waals surface area contributed by atoms with Gasteiger partial charge in [-0.2, -0.15) is 0 Å². The largest absolute Gasteiger partial charge is 0.497 e. The molecule has 4 rings (SSSR count). The second-order valence-corrected chi connectivity index (χ2v) is 7.12. The van der Waals surface area contributed by atoms with Crippen LogP contribution >= 0.6 is 15.9 Å². The maximum Gasteiger partial charge on any atom is 0.261 e. The van der Waals surface area contributed by atoms with Crippen molar-refractivity contribution in [2.45, 2.75) is 6.42 Å². The number of fused-ring (bicyclic) bond motifs is 2. The van der Waals surface area contributed by atoms with E-state index in [0.29, 0.717) is 24.1 Å². The zero-order chi connectivity index (χ0) is 18.3. The van der Waals surface area contributed by atoms with E-state index in [4.69, 9.17) is 4.74 Å². The van der Waals surface area contributed by atoms with Gasteiger partial charge < -0.3 is 4.74 Å². The molecule has 0 spiro atoms. The minimum absolute atomic E-state index is 0.227. The number of ether oxygens (including phenoxy) is 1. The van der Waals surface area contributed by atoms with E-state index in [0.717, 1.165) is 26.6 Å². The summed E-state index contributed by atoms with van der Waals surface area (Å²) >= 11 is 3.35. The van der Waals surface area contributed by atoms with Gasteiger partial charge in [0.1, 0.15) is 5.75 Å². The SMILES string of the molecule is COc1ccc2cccc(CCN3C(=O)c4ccc(Br)cc4C3=O)c2c1. The Morgan fingerprint density at radius 2 is 1.77 bits per heavy atom. The number of carbonyl (C=O) groups is 2. The van der Waals surface area contributed by atoms with Crippen LogP contribution in [0.3, 0.4) is 0 Å². The molecule has 0 fully saturated rings. The Hall–Kier alpha value is -2.66. The summed E-state index contributed by atoms with van der Waals surface area (Å²) < 4.78 is 6.11. The van der Waals surface area contributed by atoms with Crippen LogP contribution in [0.25, 0.3) is 10.8 Å². The van der Waals surface area contributed by atoms with Crippen molar-refractivity contribution < 1.29 is 14.3 Å². The Bertz CT molecular complexity index is 1040. The molecule has 26 heavy (non-hydrogen) atoms. The molecule has 5 heteroatoms. The number of halogens is 1. The van der Waals surface area contributed by atoms with Crippen molar-refractivity contribution in [2.75, 3.05) is 13.7 Å². The molecule has 0 aromatic heterocycles. The smallest absolute Gasteiger partial charge is 0.261 e. The van der Waals surface area contributed by atoms with Crippen molar-refractivity contribution in [1.29, 1.82) is 0 Å². The van der Waals surface area contributed by atoms with Gasteiger partial charge in [-0.15, -0.1) is 0 Å². The van der Waals surface area contributed by atoms with Gasteiger partial charge in [0.2, 0.25) is 0 Å². The van der Waals surface area contributed by atoms with E-state index in [1.54, 1.807) is 25.3 Å². The van der Waals surface area contributed by atoms with E-state index >= 15 is 0 Å². The summed E-state index contributed by atoms with van der Waals surface area (Å²) in [6.07, 6.45) is 0.594. The number of benzene rings is 3. The highest BCUT2D eigenvalue weighted by atomic mass is 79.9. The zero-order valence-electron chi connectivity index (χ0n) is 14.2. The van der Waals surface area contributed by atoms with E-state index in [-0.39, 0.29) is 11.8 Å². The van der Waals surface area contributed by atoms with E-state index < -0.39 is 0 Å². The lowest BCUT2D eigenvalue weighted by Crippen LogP contribution is -2.31. The molecule has 0 bridgehead atoms. The Balaban J connectivity index is 1.61. The third-order valence-corrected chi connectivity index (χ3v) is 5.21. The van der Waals surface area contributed by atoms with Crippen LogP contribution in [-0.4, -0.2) is 30.4 Å².